The van der Waals surface area contributed by atoms with Gasteiger partial charge in [-0.2, -0.15) is 0 Å². The van der Waals surface area contributed by atoms with Crippen LogP contribution in [0.3, 0.4) is 0 Å². The summed E-state index contributed by atoms with van der Waals surface area (Å²) in [6.45, 7) is 3.80. The van der Waals surface area contributed by atoms with Crippen LogP contribution in [-0.2, 0) is 0 Å². The molecule has 1 aliphatic rings. The van der Waals surface area contributed by atoms with Gasteiger partial charge in [0.1, 0.15) is 5.82 Å². The van der Waals surface area contributed by atoms with Crippen LogP contribution in [-0.4, -0.2) is 30.1 Å². The van der Waals surface area contributed by atoms with E-state index in [2.05, 4.69) is 17.1 Å². The zero-order valence-electron chi connectivity index (χ0n) is 14.5. The molecule has 3 rings (SSSR count). The van der Waals surface area contributed by atoms with Crippen LogP contribution in [0.5, 0.6) is 0 Å². The van der Waals surface area contributed by atoms with E-state index >= 15 is 0 Å². The van der Waals surface area contributed by atoms with Crippen molar-refractivity contribution in [1.82, 2.24) is 0 Å². The Morgan fingerprint density at radius 1 is 1.19 bits per heavy atom. The van der Waals surface area contributed by atoms with Gasteiger partial charge in [0.2, 0.25) is 0 Å². The predicted octanol–water partition coefficient (Wildman–Crippen LogP) is 4.01. The SMILES string of the molecule is CC1CCCN(c2ccc(NC(=O)c3ccc(F)cc3)cc2C(=O)O)C1. The molecule has 0 bridgehead atoms. The van der Waals surface area contributed by atoms with Gasteiger partial charge in [-0.3, -0.25) is 4.79 Å². The number of carbonyl (C=O) groups is 2. The summed E-state index contributed by atoms with van der Waals surface area (Å²) in [4.78, 5) is 26.0. The Morgan fingerprint density at radius 2 is 1.92 bits per heavy atom. The van der Waals surface area contributed by atoms with Crippen LogP contribution in [0.1, 0.15) is 40.5 Å². The number of amides is 1. The molecule has 136 valence electrons. The number of carboxylic acids is 1. The molecule has 2 N–H and O–H groups in total. The highest BCUT2D eigenvalue weighted by molar-refractivity contribution is 6.05. The van der Waals surface area contributed by atoms with Crippen LogP contribution >= 0.6 is 0 Å². The van der Waals surface area contributed by atoms with Crippen LogP contribution in [0.4, 0.5) is 15.8 Å². The van der Waals surface area contributed by atoms with Crippen molar-refractivity contribution in [1.29, 1.82) is 0 Å². The third kappa shape index (κ3) is 4.02. The summed E-state index contributed by atoms with van der Waals surface area (Å²) in [6.07, 6.45) is 2.17. The Hall–Kier alpha value is -2.89. The van der Waals surface area contributed by atoms with E-state index < -0.39 is 17.7 Å². The van der Waals surface area contributed by atoms with Crippen LogP contribution in [0, 0.1) is 11.7 Å². The Bertz CT molecular complexity index is 820. The number of aromatic carboxylic acids is 1. The smallest absolute Gasteiger partial charge is 0.337 e. The summed E-state index contributed by atoms with van der Waals surface area (Å²) in [5.41, 5.74) is 1.53. The average molecular weight is 356 g/mol. The van der Waals surface area contributed by atoms with E-state index in [9.17, 15) is 19.1 Å². The minimum Gasteiger partial charge on any atom is -0.478 e. The normalized spacial score (nSPS) is 17.0. The third-order valence-corrected chi connectivity index (χ3v) is 4.59. The summed E-state index contributed by atoms with van der Waals surface area (Å²) < 4.78 is 13.0. The van der Waals surface area contributed by atoms with Crippen molar-refractivity contribution in [3.63, 3.8) is 0 Å². The molecule has 2 aromatic carbocycles. The summed E-state index contributed by atoms with van der Waals surface area (Å²) in [7, 11) is 0. The van der Waals surface area contributed by atoms with Crippen molar-refractivity contribution in [3.05, 3.63) is 59.4 Å². The third-order valence-electron chi connectivity index (χ3n) is 4.59. The molecule has 1 fully saturated rings. The molecule has 1 atom stereocenters. The number of rotatable bonds is 4. The topological polar surface area (TPSA) is 69.6 Å². The fraction of sp³-hybridized carbons (Fsp3) is 0.300. The molecule has 0 spiro atoms. The first-order chi connectivity index (χ1) is 12.4. The van der Waals surface area contributed by atoms with Gasteiger partial charge in [-0.05, 0) is 61.2 Å². The Labute approximate surface area is 151 Å². The van der Waals surface area contributed by atoms with Crippen molar-refractivity contribution in [2.75, 3.05) is 23.3 Å². The fourth-order valence-corrected chi connectivity index (χ4v) is 3.27. The maximum atomic E-state index is 13.0. The fourth-order valence-electron chi connectivity index (χ4n) is 3.27. The summed E-state index contributed by atoms with van der Waals surface area (Å²) in [5, 5.41) is 12.3. The van der Waals surface area contributed by atoms with Gasteiger partial charge in [-0.1, -0.05) is 6.92 Å². The zero-order chi connectivity index (χ0) is 18.7. The molecule has 6 heteroatoms. The number of nitrogens with one attached hydrogen (secondary N) is 1. The molecule has 1 amide bonds. The number of carbonyl (C=O) groups excluding carboxylic acids is 1. The van der Waals surface area contributed by atoms with Gasteiger partial charge in [0, 0.05) is 24.3 Å². The molecule has 0 saturated carbocycles. The van der Waals surface area contributed by atoms with Crippen LogP contribution in [0.2, 0.25) is 0 Å². The summed E-state index contributed by atoms with van der Waals surface area (Å²) >= 11 is 0. The lowest BCUT2D eigenvalue weighted by atomic mass is 9.98. The van der Waals surface area contributed by atoms with E-state index in [1.807, 2.05) is 0 Å². The second-order valence-corrected chi connectivity index (χ2v) is 6.69. The maximum absolute atomic E-state index is 13.0. The number of nitrogens with zero attached hydrogens (tertiary/aromatic N) is 1. The first-order valence-corrected chi connectivity index (χ1v) is 8.63. The molecular weight excluding hydrogens is 335 g/mol. The average Bonchev–Trinajstić information content (AvgIpc) is 2.62. The highest BCUT2D eigenvalue weighted by Crippen LogP contribution is 2.29. The molecule has 1 unspecified atom stereocenters. The Morgan fingerprint density at radius 3 is 2.58 bits per heavy atom. The molecule has 0 radical (unpaired) electrons. The molecule has 0 aromatic heterocycles. The zero-order valence-corrected chi connectivity index (χ0v) is 14.5. The van der Waals surface area contributed by atoms with Crippen molar-refractivity contribution in [2.45, 2.75) is 19.8 Å². The highest BCUT2D eigenvalue weighted by atomic mass is 19.1. The van der Waals surface area contributed by atoms with Crippen LogP contribution < -0.4 is 10.2 Å². The Balaban J connectivity index is 1.83. The Kier molecular flexibility index (Phi) is 5.21. The van der Waals surface area contributed by atoms with Gasteiger partial charge in [-0.15, -0.1) is 0 Å². The van der Waals surface area contributed by atoms with Gasteiger partial charge in [0.05, 0.1) is 11.3 Å². The number of piperidine rings is 1. The molecule has 2 aromatic rings. The summed E-state index contributed by atoms with van der Waals surface area (Å²) in [6, 6.07) is 10.1. The van der Waals surface area contributed by atoms with Crippen LogP contribution in [0.15, 0.2) is 42.5 Å². The molecule has 5 nitrogen and oxygen atoms in total. The predicted molar refractivity (Wildman–Crippen MR) is 98.4 cm³/mol. The van der Waals surface area contributed by atoms with Gasteiger partial charge in [0.25, 0.3) is 5.91 Å². The van der Waals surface area contributed by atoms with Gasteiger partial charge in [-0.25, -0.2) is 9.18 Å². The van der Waals surface area contributed by atoms with Gasteiger partial charge >= 0.3 is 5.97 Å². The second-order valence-electron chi connectivity index (χ2n) is 6.69. The van der Waals surface area contributed by atoms with Crippen molar-refractivity contribution < 1.29 is 19.1 Å². The number of hydrogen-bond donors (Lipinski definition) is 2. The number of carboxylic acid groups (broad SMARTS) is 1. The monoisotopic (exact) mass is 356 g/mol. The molecule has 1 heterocycles. The molecule has 1 saturated heterocycles. The van der Waals surface area contributed by atoms with E-state index in [0.717, 1.165) is 25.9 Å². The van der Waals surface area contributed by atoms with Crippen molar-refractivity contribution >= 4 is 23.3 Å². The highest BCUT2D eigenvalue weighted by Gasteiger charge is 2.22. The van der Waals surface area contributed by atoms with Gasteiger partial charge in [0.15, 0.2) is 0 Å². The minimum absolute atomic E-state index is 0.163. The first kappa shape index (κ1) is 17.9. The quantitative estimate of drug-likeness (QED) is 0.868. The number of halogens is 1. The molecule has 26 heavy (non-hydrogen) atoms. The molecule has 0 aliphatic carbocycles. The lowest BCUT2D eigenvalue weighted by molar-refractivity contribution is 0.0697. The van der Waals surface area contributed by atoms with E-state index in [0.29, 0.717) is 22.9 Å². The number of anilines is 2. The van der Waals surface area contributed by atoms with E-state index in [1.54, 1.807) is 12.1 Å². The van der Waals surface area contributed by atoms with Crippen molar-refractivity contribution in [3.8, 4) is 0 Å². The molecular formula is C20H21FN2O3. The van der Waals surface area contributed by atoms with Crippen LogP contribution in [0.25, 0.3) is 0 Å². The van der Waals surface area contributed by atoms with Gasteiger partial charge < -0.3 is 15.3 Å². The lowest BCUT2D eigenvalue weighted by Crippen LogP contribution is -2.35. The van der Waals surface area contributed by atoms with E-state index in [-0.39, 0.29) is 5.56 Å². The first-order valence-electron chi connectivity index (χ1n) is 8.63. The largest absolute Gasteiger partial charge is 0.478 e. The van der Waals surface area contributed by atoms with Crippen molar-refractivity contribution in [2.24, 2.45) is 5.92 Å². The number of benzene rings is 2. The van der Waals surface area contributed by atoms with E-state index in [4.69, 9.17) is 0 Å². The summed E-state index contributed by atoms with van der Waals surface area (Å²) in [5.74, 6) is -1.35. The van der Waals surface area contributed by atoms with E-state index in [1.165, 1.54) is 30.3 Å². The lowest BCUT2D eigenvalue weighted by Gasteiger charge is -2.33. The minimum atomic E-state index is -1.03. The number of hydrogen-bond acceptors (Lipinski definition) is 3. The molecule has 1 aliphatic heterocycles. The second kappa shape index (κ2) is 7.56. The standard InChI is InChI=1S/C20H21FN2O3/c1-13-3-2-10-23(12-13)18-9-8-16(11-17(18)20(25)26)22-19(24)14-4-6-15(21)7-5-14/h4-9,11,13H,2-3,10,12H2,1H3,(H,22,24)(H,25,26). The maximum Gasteiger partial charge on any atom is 0.337 e.